The normalized spacial score (nSPS) is 12.5. The number of rotatable bonds is 3. The molecule has 0 saturated heterocycles. The van der Waals surface area contributed by atoms with E-state index in [1.165, 1.54) is 12.3 Å². The molecule has 1 aromatic heterocycles. The minimum absolute atomic E-state index is 0.0737. The highest BCUT2D eigenvalue weighted by Gasteiger charge is 2.26. The molecule has 15 heavy (non-hydrogen) atoms. The maximum absolute atomic E-state index is 11.6. The van der Waals surface area contributed by atoms with Crippen LogP contribution in [0.2, 0.25) is 0 Å². The van der Waals surface area contributed by atoms with Crippen LogP contribution in [0.15, 0.2) is 17.4 Å². The summed E-state index contributed by atoms with van der Waals surface area (Å²) >= 11 is 0. The third-order valence-corrected chi connectivity index (χ3v) is 1.92. The third-order valence-electron chi connectivity index (χ3n) is 1.92. The van der Waals surface area contributed by atoms with Gasteiger partial charge in [-0.25, -0.2) is 0 Å². The van der Waals surface area contributed by atoms with Gasteiger partial charge in [0, 0.05) is 6.20 Å². The minimum atomic E-state index is -0.920. The largest absolute Gasteiger partial charge is 0.409 e. The number of hydrogen-bond donors (Lipinski definition) is 4. The quantitative estimate of drug-likeness (QED) is 0.237. The Morgan fingerprint density at radius 3 is 2.87 bits per heavy atom. The smallest absolute Gasteiger partial charge is 0.270 e. The Kier molecular flexibility index (Phi) is 2.93. The highest BCUT2D eigenvalue weighted by Crippen LogP contribution is 2.04. The van der Waals surface area contributed by atoms with Gasteiger partial charge in [0.2, 0.25) is 0 Å². The molecular weight excluding hydrogens is 198 g/mol. The van der Waals surface area contributed by atoms with Crippen molar-refractivity contribution in [3.63, 3.8) is 0 Å². The summed E-state index contributed by atoms with van der Waals surface area (Å²) in [5.74, 6) is -0.445. The molecule has 0 bridgehead atoms. The lowest BCUT2D eigenvalue weighted by atomic mass is 10.0. The predicted octanol–water partition coefficient (Wildman–Crippen LogP) is -0.335. The van der Waals surface area contributed by atoms with Crippen LogP contribution in [-0.4, -0.2) is 32.7 Å². The molecule has 0 fully saturated rings. The summed E-state index contributed by atoms with van der Waals surface area (Å²) in [6.45, 7) is 3.24. The number of amidine groups is 1. The zero-order chi connectivity index (χ0) is 11.5. The van der Waals surface area contributed by atoms with Crippen LogP contribution in [0, 0.1) is 0 Å². The van der Waals surface area contributed by atoms with E-state index in [9.17, 15) is 4.79 Å². The second kappa shape index (κ2) is 3.99. The van der Waals surface area contributed by atoms with Crippen LogP contribution in [0.3, 0.4) is 0 Å². The van der Waals surface area contributed by atoms with E-state index in [1.807, 2.05) is 0 Å². The average Bonchev–Trinajstić information content (AvgIpc) is 2.68. The number of amides is 1. The lowest BCUT2D eigenvalue weighted by Crippen LogP contribution is -2.53. The number of H-pyrrole nitrogens is 1. The maximum atomic E-state index is 11.6. The van der Waals surface area contributed by atoms with E-state index >= 15 is 0 Å². The van der Waals surface area contributed by atoms with Crippen LogP contribution in [0.1, 0.15) is 24.3 Å². The molecule has 0 atom stereocenters. The van der Waals surface area contributed by atoms with Crippen LogP contribution in [0.5, 0.6) is 0 Å². The van der Waals surface area contributed by atoms with Crippen molar-refractivity contribution >= 4 is 11.7 Å². The number of aromatic amines is 1. The number of nitrogens with two attached hydrogens (primary N) is 1. The molecule has 0 aliphatic carbocycles. The first-order chi connectivity index (χ1) is 6.97. The number of hydrogen-bond acceptors (Lipinski definition) is 4. The molecule has 1 heterocycles. The van der Waals surface area contributed by atoms with E-state index in [2.05, 4.69) is 20.7 Å². The molecule has 0 aromatic carbocycles. The van der Waals surface area contributed by atoms with Crippen LogP contribution in [-0.2, 0) is 0 Å². The average molecular weight is 211 g/mol. The topological polar surface area (TPSA) is 116 Å². The van der Waals surface area contributed by atoms with Crippen LogP contribution >= 0.6 is 0 Å². The Bertz CT molecular complexity index is 368. The molecular formula is C8H13N5O2. The number of oxime groups is 1. The number of nitrogens with one attached hydrogen (secondary N) is 2. The highest BCUT2D eigenvalue weighted by molar-refractivity contribution is 5.98. The number of nitrogens with zero attached hydrogens (tertiary/aromatic N) is 2. The standard InChI is InChI=1S/C8H13N5O2/c1-8(2,7(9)13-15)11-6(14)5-3-4-10-12-5/h3-4,15H,1-2H3,(H2,9,13)(H,10,12)(H,11,14). The first-order valence-corrected chi connectivity index (χ1v) is 4.27. The summed E-state index contributed by atoms with van der Waals surface area (Å²) in [4.78, 5) is 11.6. The van der Waals surface area contributed by atoms with E-state index in [0.29, 0.717) is 5.69 Å². The minimum Gasteiger partial charge on any atom is -0.409 e. The second-order valence-electron chi connectivity index (χ2n) is 3.53. The van der Waals surface area contributed by atoms with Gasteiger partial charge in [0.1, 0.15) is 5.69 Å². The van der Waals surface area contributed by atoms with E-state index in [0.717, 1.165) is 0 Å². The van der Waals surface area contributed by atoms with Gasteiger partial charge < -0.3 is 16.3 Å². The van der Waals surface area contributed by atoms with Gasteiger partial charge in [0.15, 0.2) is 5.84 Å². The molecule has 0 aliphatic rings. The van der Waals surface area contributed by atoms with Crippen molar-refractivity contribution in [1.29, 1.82) is 0 Å². The molecule has 7 heteroatoms. The van der Waals surface area contributed by atoms with Gasteiger partial charge in [-0.15, -0.1) is 0 Å². The van der Waals surface area contributed by atoms with Gasteiger partial charge in [-0.3, -0.25) is 9.89 Å². The predicted molar refractivity (Wildman–Crippen MR) is 53.5 cm³/mol. The number of carbonyl (C=O) groups excluding carboxylic acids is 1. The van der Waals surface area contributed by atoms with E-state index < -0.39 is 5.54 Å². The van der Waals surface area contributed by atoms with E-state index in [1.54, 1.807) is 13.8 Å². The molecule has 0 radical (unpaired) electrons. The van der Waals surface area contributed by atoms with Crippen molar-refractivity contribution in [2.45, 2.75) is 19.4 Å². The van der Waals surface area contributed by atoms with Crippen molar-refractivity contribution in [3.8, 4) is 0 Å². The van der Waals surface area contributed by atoms with Crippen molar-refractivity contribution in [2.24, 2.45) is 10.9 Å². The van der Waals surface area contributed by atoms with Gasteiger partial charge in [-0.2, -0.15) is 5.10 Å². The first kappa shape index (κ1) is 11.0. The summed E-state index contributed by atoms with van der Waals surface area (Å²) in [6.07, 6.45) is 1.46. The third kappa shape index (κ3) is 2.46. The van der Waals surface area contributed by atoms with Crippen LogP contribution in [0.4, 0.5) is 0 Å². The Morgan fingerprint density at radius 2 is 2.40 bits per heavy atom. The molecule has 1 rings (SSSR count). The highest BCUT2D eigenvalue weighted by atomic mass is 16.4. The van der Waals surface area contributed by atoms with E-state index in [-0.39, 0.29) is 11.7 Å². The fraction of sp³-hybridized carbons (Fsp3) is 0.375. The summed E-state index contributed by atoms with van der Waals surface area (Å²) in [5, 5.41) is 20.1. The van der Waals surface area contributed by atoms with Crippen molar-refractivity contribution in [2.75, 3.05) is 0 Å². The summed E-state index contributed by atoms with van der Waals surface area (Å²) in [5.41, 5.74) is 4.81. The number of carbonyl (C=O) groups is 1. The van der Waals surface area contributed by atoms with Gasteiger partial charge in [0.25, 0.3) is 5.91 Å². The maximum Gasteiger partial charge on any atom is 0.270 e. The van der Waals surface area contributed by atoms with Crippen molar-refractivity contribution < 1.29 is 10.0 Å². The molecule has 0 unspecified atom stereocenters. The lowest BCUT2D eigenvalue weighted by molar-refractivity contribution is 0.0925. The summed E-state index contributed by atoms with van der Waals surface area (Å²) in [7, 11) is 0. The fourth-order valence-corrected chi connectivity index (χ4v) is 0.923. The molecule has 1 amide bonds. The van der Waals surface area contributed by atoms with E-state index in [4.69, 9.17) is 10.9 Å². The molecule has 0 aliphatic heterocycles. The van der Waals surface area contributed by atoms with Gasteiger partial charge in [-0.1, -0.05) is 5.16 Å². The molecule has 1 aromatic rings. The lowest BCUT2D eigenvalue weighted by Gasteiger charge is -2.23. The Morgan fingerprint density at radius 1 is 1.73 bits per heavy atom. The summed E-state index contributed by atoms with van der Waals surface area (Å²) in [6, 6.07) is 1.53. The molecule has 82 valence electrons. The zero-order valence-electron chi connectivity index (χ0n) is 8.48. The SMILES string of the molecule is CC(C)(NC(=O)c1ccn[nH]1)C(N)=NO. The second-order valence-corrected chi connectivity index (χ2v) is 3.53. The zero-order valence-corrected chi connectivity index (χ0v) is 8.48. The number of aromatic nitrogens is 2. The van der Waals surface area contributed by atoms with Crippen LogP contribution in [0.25, 0.3) is 0 Å². The summed E-state index contributed by atoms with van der Waals surface area (Å²) < 4.78 is 0. The fourth-order valence-electron chi connectivity index (χ4n) is 0.923. The molecule has 5 N–H and O–H groups in total. The van der Waals surface area contributed by atoms with Gasteiger partial charge in [0.05, 0.1) is 5.54 Å². The van der Waals surface area contributed by atoms with Crippen LogP contribution < -0.4 is 11.1 Å². The molecule has 7 nitrogen and oxygen atoms in total. The van der Waals surface area contributed by atoms with Crippen molar-refractivity contribution in [1.82, 2.24) is 15.5 Å². The molecule has 0 saturated carbocycles. The van der Waals surface area contributed by atoms with Crippen molar-refractivity contribution in [3.05, 3.63) is 18.0 Å². The molecule has 0 spiro atoms. The van der Waals surface area contributed by atoms with Gasteiger partial charge >= 0.3 is 0 Å². The Labute approximate surface area is 86.3 Å². The monoisotopic (exact) mass is 211 g/mol. The first-order valence-electron chi connectivity index (χ1n) is 4.27. The Balaban J connectivity index is 2.75. The van der Waals surface area contributed by atoms with Gasteiger partial charge in [-0.05, 0) is 19.9 Å². The Hall–Kier alpha value is -2.05.